The summed E-state index contributed by atoms with van der Waals surface area (Å²) in [5.74, 6) is 0.498. The second-order valence-electron chi connectivity index (χ2n) is 6.12. The first-order chi connectivity index (χ1) is 8.87. The Kier molecular flexibility index (Phi) is 5.95. The molecule has 2 nitrogen and oxygen atoms in total. The number of hydrogen-bond acceptors (Lipinski definition) is 2. The Labute approximate surface area is 116 Å². The molecule has 1 aromatic rings. The highest BCUT2D eigenvalue weighted by molar-refractivity contribution is 5.16. The van der Waals surface area contributed by atoms with Crippen LogP contribution in [0, 0.1) is 11.7 Å². The van der Waals surface area contributed by atoms with Gasteiger partial charge in [-0.2, -0.15) is 0 Å². The molecule has 1 atom stereocenters. The van der Waals surface area contributed by atoms with Crippen LogP contribution < -0.4 is 5.73 Å². The standard InChI is InChI=1S/C16H27FN2/c1-13(2)9-10-16(3,12-18)19(4)11-14-5-7-15(17)8-6-14/h5-8,13H,9-12,18H2,1-4H3. The minimum Gasteiger partial charge on any atom is -0.329 e. The molecule has 0 aromatic heterocycles. The van der Waals surface area contributed by atoms with Gasteiger partial charge in [0.2, 0.25) is 0 Å². The molecular weight excluding hydrogens is 239 g/mol. The lowest BCUT2D eigenvalue weighted by Gasteiger charge is -2.39. The molecule has 1 aromatic carbocycles. The van der Waals surface area contributed by atoms with Gasteiger partial charge in [0, 0.05) is 18.6 Å². The van der Waals surface area contributed by atoms with Gasteiger partial charge >= 0.3 is 0 Å². The molecule has 108 valence electrons. The predicted molar refractivity (Wildman–Crippen MR) is 79.4 cm³/mol. The summed E-state index contributed by atoms with van der Waals surface area (Å²) in [7, 11) is 2.09. The van der Waals surface area contributed by atoms with Gasteiger partial charge < -0.3 is 5.73 Å². The van der Waals surface area contributed by atoms with Gasteiger partial charge in [-0.15, -0.1) is 0 Å². The molecule has 0 radical (unpaired) electrons. The topological polar surface area (TPSA) is 29.3 Å². The quantitative estimate of drug-likeness (QED) is 0.819. The molecular formula is C16H27FN2. The largest absolute Gasteiger partial charge is 0.329 e. The van der Waals surface area contributed by atoms with Crippen LogP contribution in [0.15, 0.2) is 24.3 Å². The molecule has 0 aliphatic carbocycles. The third kappa shape index (κ3) is 4.92. The summed E-state index contributed by atoms with van der Waals surface area (Å²) >= 11 is 0. The van der Waals surface area contributed by atoms with Gasteiger partial charge in [-0.05, 0) is 50.4 Å². The minimum absolute atomic E-state index is 0.00133. The van der Waals surface area contributed by atoms with Crippen molar-refractivity contribution in [1.29, 1.82) is 0 Å². The monoisotopic (exact) mass is 266 g/mol. The summed E-state index contributed by atoms with van der Waals surface area (Å²) in [6.45, 7) is 8.11. The highest BCUT2D eigenvalue weighted by atomic mass is 19.1. The first kappa shape index (κ1) is 16.1. The molecule has 3 heteroatoms. The number of rotatable bonds is 7. The van der Waals surface area contributed by atoms with E-state index in [2.05, 4.69) is 32.7 Å². The fourth-order valence-corrected chi connectivity index (χ4v) is 2.10. The number of hydrogen-bond donors (Lipinski definition) is 1. The fraction of sp³-hybridized carbons (Fsp3) is 0.625. The van der Waals surface area contributed by atoms with E-state index < -0.39 is 0 Å². The lowest BCUT2D eigenvalue weighted by atomic mass is 9.90. The maximum Gasteiger partial charge on any atom is 0.123 e. The van der Waals surface area contributed by atoms with Crippen molar-refractivity contribution in [2.24, 2.45) is 11.7 Å². The van der Waals surface area contributed by atoms with Gasteiger partial charge in [-0.25, -0.2) is 4.39 Å². The Hall–Kier alpha value is -0.930. The molecule has 1 unspecified atom stereocenters. The summed E-state index contributed by atoms with van der Waals surface area (Å²) in [5, 5.41) is 0. The zero-order valence-electron chi connectivity index (χ0n) is 12.6. The van der Waals surface area contributed by atoms with Crippen LogP contribution in [-0.4, -0.2) is 24.0 Å². The van der Waals surface area contributed by atoms with Crippen LogP contribution in [0.2, 0.25) is 0 Å². The molecule has 0 fully saturated rings. The van der Waals surface area contributed by atoms with Crippen LogP contribution in [0.5, 0.6) is 0 Å². The van der Waals surface area contributed by atoms with E-state index in [4.69, 9.17) is 5.73 Å². The normalized spacial score (nSPS) is 14.9. The zero-order valence-corrected chi connectivity index (χ0v) is 12.6. The number of nitrogens with zero attached hydrogens (tertiary/aromatic N) is 1. The van der Waals surface area contributed by atoms with E-state index in [1.807, 2.05) is 12.1 Å². The molecule has 0 amide bonds. The Bertz CT molecular complexity index is 375. The van der Waals surface area contributed by atoms with E-state index in [9.17, 15) is 4.39 Å². The first-order valence-electron chi connectivity index (χ1n) is 7.03. The molecule has 0 aliphatic heterocycles. The van der Waals surface area contributed by atoms with Gasteiger partial charge in [0.05, 0.1) is 0 Å². The van der Waals surface area contributed by atoms with E-state index in [0.29, 0.717) is 12.5 Å². The van der Waals surface area contributed by atoms with Crippen LogP contribution in [0.3, 0.4) is 0 Å². The van der Waals surface area contributed by atoms with Crippen molar-refractivity contribution in [2.75, 3.05) is 13.6 Å². The second kappa shape index (κ2) is 7.01. The minimum atomic E-state index is -0.187. The van der Waals surface area contributed by atoms with Crippen molar-refractivity contribution in [1.82, 2.24) is 4.90 Å². The SMILES string of the molecule is CC(C)CCC(C)(CN)N(C)Cc1ccc(F)cc1. The van der Waals surface area contributed by atoms with E-state index in [1.54, 1.807) is 0 Å². The highest BCUT2D eigenvalue weighted by Gasteiger charge is 2.27. The summed E-state index contributed by atoms with van der Waals surface area (Å²) in [4.78, 5) is 2.28. The second-order valence-corrected chi connectivity index (χ2v) is 6.12. The van der Waals surface area contributed by atoms with Crippen molar-refractivity contribution in [3.05, 3.63) is 35.6 Å². The van der Waals surface area contributed by atoms with Crippen molar-refractivity contribution in [2.45, 2.75) is 45.7 Å². The number of halogens is 1. The van der Waals surface area contributed by atoms with Crippen LogP contribution in [-0.2, 0) is 6.54 Å². The van der Waals surface area contributed by atoms with Crippen LogP contribution >= 0.6 is 0 Å². The maximum atomic E-state index is 12.9. The Morgan fingerprint density at radius 2 is 1.84 bits per heavy atom. The molecule has 1 rings (SSSR count). The third-order valence-corrected chi connectivity index (χ3v) is 3.95. The molecule has 0 heterocycles. The molecule has 19 heavy (non-hydrogen) atoms. The molecule has 0 bridgehead atoms. The Morgan fingerprint density at radius 1 is 1.26 bits per heavy atom. The average molecular weight is 266 g/mol. The molecule has 0 saturated heterocycles. The van der Waals surface area contributed by atoms with E-state index in [-0.39, 0.29) is 11.4 Å². The average Bonchev–Trinajstić information content (AvgIpc) is 2.38. The molecule has 0 saturated carbocycles. The van der Waals surface area contributed by atoms with Crippen molar-refractivity contribution in [3.63, 3.8) is 0 Å². The molecule has 0 aliphatic rings. The van der Waals surface area contributed by atoms with Crippen LogP contribution in [0.1, 0.15) is 39.2 Å². The van der Waals surface area contributed by atoms with E-state index in [1.165, 1.54) is 18.6 Å². The summed E-state index contributed by atoms with van der Waals surface area (Å²) in [6, 6.07) is 6.70. The van der Waals surface area contributed by atoms with E-state index >= 15 is 0 Å². The number of likely N-dealkylation sites (N-methyl/N-ethyl adjacent to an activating group) is 1. The van der Waals surface area contributed by atoms with Crippen molar-refractivity contribution >= 4 is 0 Å². The van der Waals surface area contributed by atoms with Gasteiger partial charge in [0.15, 0.2) is 0 Å². The molecule has 2 N–H and O–H groups in total. The summed E-state index contributed by atoms with van der Waals surface area (Å²) in [5.41, 5.74) is 7.09. The third-order valence-electron chi connectivity index (χ3n) is 3.95. The van der Waals surface area contributed by atoms with Gasteiger partial charge in [0.1, 0.15) is 5.82 Å². The van der Waals surface area contributed by atoms with Crippen LogP contribution in [0.4, 0.5) is 4.39 Å². The highest BCUT2D eigenvalue weighted by Crippen LogP contribution is 2.23. The lowest BCUT2D eigenvalue weighted by molar-refractivity contribution is 0.119. The van der Waals surface area contributed by atoms with Gasteiger partial charge in [-0.1, -0.05) is 26.0 Å². The zero-order chi connectivity index (χ0) is 14.5. The van der Waals surface area contributed by atoms with Gasteiger partial charge in [-0.3, -0.25) is 4.90 Å². The first-order valence-corrected chi connectivity index (χ1v) is 7.03. The fourth-order valence-electron chi connectivity index (χ4n) is 2.10. The van der Waals surface area contributed by atoms with Gasteiger partial charge in [0.25, 0.3) is 0 Å². The predicted octanol–water partition coefficient (Wildman–Crippen LogP) is 3.41. The smallest absolute Gasteiger partial charge is 0.123 e. The Balaban J connectivity index is 2.67. The van der Waals surface area contributed by atoms with Crippen LogP contribution in [0.25, 0.3) is 0 Å². The van der Waals surface area contributed by atoms with E-state index in [0.717, 1.165) is 18.5 Å². The maximum absolute atomic E-state index is 12.9. The number of benzene rings is 1. The van der Waals surface area contributed by atoms with Crippen molar-refractivity contribution in [3.8, 4) is 0 Å². The molecule has 0 spiro atoms. The Morgan fingerprint density at radius 3 is 2.32 bits per heavy atom. The lowest BCUT2D eigenvalue weighted by Crippen LogP contribution is -2.49. The van der Waals surface area contributed by atoms with Crippen molar-refractivity contribution < 1.29 is 4.39 Å². The number of nitrogens with two attached hydrogens (primary N) is 1. The summed E-state index contributed by atoms with van der Waals surface area (Å²) < 4.78 is 12.9. The summed E-state index contributed by atoms with van der Waals surface area (Å²) in [6.07, 6.45) is 2.25.